The van der Waals surface area contributed by atoms with Crippen molar-refractivity contribution < 1.29 is 24.2 Å². The molecule has 0 bridgehead atoms. The second kappa shape index (κ2) is 10.7. The summed E-state index contributed by atoms with van der Waals surface area (Å²) in [5.74, 6) is -0.421. The van der Waals surface area contributed by atoms with Gasteiger partial charge in [-0.2, -0.15) is 0 Å². The molecule has 0 radical (unpaired) electrons. The lowest BCUT2D eigenvalue weighted by Crippen LogP contribution is -2.47. The fourth-order valence-corrected chi connectivity index (χ4v) is 2.38. The lowest BCUT2D eigenvalue weighted by atomic mass is 10.1. The second-order valence-corrected chi connectivity index (χ2v) is 5.75. The van der Waals surface area contributed by atoms with Crippen molar-refractivity contribution in [3.8, 4) is 0 Å². The summed E-state index contributed by atoms with van der Waals surface area (Å²) in [7, 11) is 2.89. The van der Waals surface area contributed by atoms with Gasteiger partial charge in [-0.05, 0) is 11.1 Å². The van der Waals surface area contributed by atoms with E-state index in [0.29, 0.717) is 0 Å². The number of likely N-dealkylation sites (N-methyl/N-ethyl adjacent to an activating group) is 1. The van der Waals surface area contributed by atoms with Crippen LogP contribution in [0, 0.1) is 0 Å². The summed E-state index contributed by atoms with van der Waals surface area (Å²) >= 11 is 0. The number of aliphatic hydroxyl groups is 1. The first kappa shape index (κ1) is 20.1. The smallest absolute Gasteiger partial charge is 0.277 e. The van der Waals surface area contributed by atoms with Crippen LogP contribution in [0.2, 0.25) is 0 Å². The van der Waals surface area contributed by atoms with Crippen molar-refractivity contribution in [2.24, 2.45) is 0 Å². The van der Waals surface area contributed by atoms with Gasteiger partial charge in [-0.25, -0.2) is 5.06 Å². The van der Waals surface area contributed by atoms with Gasteiger partial charge in [0, 0.05) is 7.05 Å². The van der Waals surface area contributed by atoms with Crippen LogP contribution in [0.4, 0.5) is 0 Å². The minimum atomic E-state index is -0.992. The average molecular weight is 359 g/mol. The highest BCUT2D eigenvalue weighted by Crippen LogP contribution is 2.14. The summed E-state index contributed by atoms with van der Waals surface area (Å²) in [6.07, 6.45) is -1.81. The molecule has 0 saturated carbocycles. The topological polar surface area (TPSA) is 68.2 Å². The lowest BCUT2D eigenvalue weighted by Gasteiger charge is -2.28. The predicted molar refractivity (Wildman–Crippen MR) is 96.9 cm³/mol. The van der Waals surface area contributed by atoms with E-state index in [2.05, 4.69) is 0 Å². The molecule has 0 fully saturated rings. The van der Waals surface area contributed by atoms with E-state index in [-0.39, 0.29) is 19.8 Å². The molecule has 1 N–H and O–H groups in total. The van der Waals surface area contributed by atoms with Gasteiger partial charge < -0.3 is 14.6 Å². The predicted octanol–water partition coefficient (Wildman–Crippen LogP) is 2.17. The molecule has 0 heterocycles. The molecule has 140 valence electrons. The van der Waals surface area contributed by atoms with Crippen molar-refractivity contribution in [2.75, 3.05) is 20.8 Å². The number of rotatable bonds is 10. The molecular weight excluding hydrogens is 334 g/mol. The van der Waals surface area contributed by atoms with Gasteiger partial charge >= 0.3 is 0 Å². The van der Waals surface area contributed by atoms with Crippen molar-refractivity contribution in [3.05, 3.63) is 71.8 Å². The number of nitrogens with zero attached hydrogens (tertiary/aromatic N) is 1. The van der Waals surface area contributed by atoms with Gasteiger partial charge in [-0.15, -0.1) is 0 Å². The maximum Gasteiger partial charge on any atom is 0.277 e. The average Bonchev–Trinajstić information content (AvgIpc) is 2.70. The van der Waals surface area contributed by atoms with Crippen molar-refractivity contribution in [3.63, 3.8) is 0 Å². The van der Waals surface area contributed by atoms with E-state index in [1.165, 1.54) is 14.2 Å². The monoisotopic (exact) mass is 359 g/mol. The van der Waals surface area contributed by atoms with Gasteiger partial charge in [0.15, 0.2) is 6.10 Å². The molecule has 2 aromatic carbocycles. The highest BCUT2D eigenvalue weighted by atomic mass is 16.7. The number of hydrogen-bond donors (Lipinski definition) is 1. The Morgan fingerprint density at radius 1 is 0.962 bits per heavy atom. The number of amides is 1. The van der Waals surface area contributed by atoms with Gasteiger partial charge in [0.05, 0.1) is 26.9 Å². The third-order valence-electron chi connectivity index (χ3n) is 3.92. The minimum Gasteiger partial charge on any atom is -0.394 e. The van der Waals surface area contributed by atoms with Crippen LogP contribution >= 0.6 is 0 Å². The summed E-state index contributed by atoms with van der Waals surface area (Å²) < 4.78 is 11.6. The zero-order valence-corrected chi connectivity index (χ0v) is 15.1. The molecule has 0 aliphatic rings. The Bertz CT molecular complexity index is 650. The first-order chi connectivity index (χ1) is 12.7. The Labute approximate surface area is 153 Å². The van der Waals surface area contributed by atoms with E-state index >= 15 is 0 Å². The SMILES string of the molecule is CON(C)C(=O)[C@H](OCc1ccccc1)[C@@H](CO)OCc1ccccc1. The molecule has 26 heavy (non-hydrogen) atoms. The van der Waals surface area contributed by atoms with Crippen LogP contribution in [0.1, 0.15) is 11.1 Å². The molecule has 0 unspecified atom stereocenters. The van der Waals surface area contributed by atoms with Crippen LogP contribution in [0.3, 0.4) is 0 Å². The van der Waals surface area contributed by atoms with Crippen LogP contribution < -0.4 is 0 Å². The Balaban J connectivity index is 2.07. The fourth-order valence-electron chi connectivity index (χ4n) is 2.38. The van der Waals surface area contributed by atoms with Crippen LogP contribution in [0.25, 0.3) is 0 Å². The first-order valence-electron chi connectivity index (χ1n) is 8.39. The third kappa shape index (κ3) is 5.93. The maximum absolute atomic E-state index is 12.6. The van der Waals surface area contributed by atoms with E-state index in [1.807, 2.05) is 60.7 Å². The highest BCUT2D eigenvalue weighted by Gasteiger charge is 2.32. The standard InChI is InChI=1S/C20H25NO5/c1-21(24-2)20(23)19(26-15-17-11-7-4-8-12-17)18(13-22)25-14-16-9-5-3-6-10-16/h3-12,18-19,22H,13-15H2,1-2H3/t18-,19-/m1/s1. The van der Waals surface area contributed by atoms with Gasteiger partial charge in [-0.1, -0.05) is 60.7 Å². The molecule has 2 atom stereocenters. The number of aliphatic hydroxyl groups excluding tert-OH is 1. The highest BCUT2D eigenvalue weighted by molar-refractivity contribution is 5.80. The summed E-state index contributed by atoms with van der Waals surface area (Å²) in [6, 6.07) is 19.0. The fraction of sp³-hybridized carbons (Fsp3) is 0.350. The van der Waals surface area contributed by atoms with E-state index in [1.54, 1.807) is 0 Å². The van der Waals surface area contributed by atoms with Crippen molar-refractivity contribution in [2.45, 2.75) is 25.4 Å². The Morgan fingerprint density at radius 2 is 1.46 bits per heavy atom. The molecule has 6 nitrogen and oxygen atoms in total. The quantitative estimate of drug-likeness (QED) is 0.659. The molecule has 0 spiro atoms. The van der Waals surface area contributed by atoms with Crippen molar-refractivity contribution in [1.29, 1.82) is 0 Å². The normalized spacial score (nSPS) is 13.2. The maximum atomic E-state index is 12.6. The van der Waals surface area contributed by atoms with Crippen molar-refractivity contribution in [1.82, 2.24) is 5.06 Å². The third-order valence-corrected chi connectivity index (χ3v) is 3.92. The molecule has 2 aromatic rings. The number of benzene rings is 2. The van der Waals surface area contributed by atoms with E-state index < -0.39 is 18.1 Å². The number of carbonyl (C=O) groups is 1. The van der Waals surface area contributed by atoms with E-state index in [9.17, 15) is 9.90 Å². The zero-order chi connectivity index (χ0) is 18.8. The van der Waals surface area contributed by atoms with E-state index in [0.717, 1.165) is 16.2 Å². The first-order valence-corrected chi connectivity index (χ1v) is 8.39. The Hall–Kier alpha value is -2.25. The second-order valence-electron chi connectivity index (χ2n) is 5.75. The molecule has 0 aliphatic heterocycles. The van der Waals surface area contributed by atoms with Gasteiger partial charge in [0.1, 0.15) is 6.10 Å². The number of hydrogen-bond acceptors (Lipinski definition) is 5. The Morgan fingerprint density at radius 3 is 1.92 bits per heavy atom. The van der Waals surface area contributed by atoms with Crippen LogP contribution in [0.15, 0.2) is 60.7 Å². The molecule has 0 aromatic heterocycles. The molecule has 0 saturated heterocycles. The summed E-state index contributed by atoms with van der Waals surface area (Å²) in [4.78, 5) is 17.6. The largest absolute Gasteiger partial charge is 0.394 e. The molecule has 2 rings (SSSR count). The Kier molecular flexibility index (Phi) is 8.24. The summed E-state index contributed by atoms with van der Waals surface area (Å²) in [5, 5.41) is 10.8. The molecular formula is C20H25NO5. The van der Waals surface area contributed by atoms with E-state index in [4.69, 9.17) is 14.3 Å². The minimum absolute atomic E-state index is 0.222. The van der Waals surface area contributed by atoms with Crippen LogP contribution in [-0.2, 0) is 32.3 Å². The lowest BCUT2D eigenvalue weighted by molar-refractivity contribution is -0.194. The van der Waals surface area contributed by atoms with Crippen LogP contribution in [-0.4, -0.2) is 49.0 Å². The zero-order valence-electron chi connectivity index (χ0n) is 15.1. The van der Waals surface area contributed by atoms with Gasteiger partial charge in [0.2, 0.25) is 0 Å². The molecule has 6 heteroatoms. The van der Waals surface area contributed by atoms with Crippen molar-refractivity contribution >= 4 is 5.91 Å². The number of hydroxylamine groups is 2. The van der Waals surface area contributed by atoms with Gasteiger partial charge in [0.25, 0.3) is 5.91 Å². The summed E-state index contributed by atoms with van der Waals surface area (Å²) in [6.45, 7) is 0.136. The number of carbonyl (C=O) groups excluding carboxylic acids is 1. The number of ether oxygens (including phenoxy) is 2. The molecule has 1 amide bonds. The van der Waals surface area contributed by atoms with Gasteiger partial charge in [-0.3, -0.25) is 9.63 Å². The summed E-state index contributed by atoms with van der Waals surface area (Å²) in [5.41, 5.74) is 1.87. The molecule has 0 aliphatic carbocycles. The van der Waals surface area contributed by atoms with Crippen LogP contribution in [0.5, 0.6) is 0 Å².